The summed E-state index contributed by atoms with van der Waals surface area (Å²) in [5, 5.41) is 0. The summed E-state index contributed by atoms with van der Waals surface area (Å²) in [6, 6.07) is 0. The first kappa shape index (κ1) is 9.34. The van der Waals surface area contributed by atoms with Crippen molar-refractivity contribution < 1.29 is 0 Å². The van der Waals surface area contributed by atoms with Crippen molar-refractivity contribution >= 4 is 31.1 Å². The molecule has 2 heteroatoms. The largest absolute Gasteiger partial charge is 0.472 e. The predicted octanol–water partition coefficient (Wildman–Crippen LogP) is 3.39. The number of rotatable bonds is 2. The van der Waals surface area contributed by atoms with Crippen LogP contribution in [0.5, 0.6) is 0 Å². The van der Waals surface area contributed by atoms with Crippen molar-refractivity contribution in [2.24, 2.45) is 5.92 Å². The summed E-state index contributed by atoms with van der Waals surface area (Å²) in [5.74, 6) is 1.08. The third kappa shape index (κ3) is 2.38. The summed E-state index contributed by atoms with van der Waals surface area (Å²) in [6.45, 7) is 2.35. The zero-order chi connectivity index (χ0) is 7.40. The standard InChI is InChI=1S/C8H15.BrH.Mg/c1-2-8-6-4-3-5-7-8;;/h6,8H,2-5,7H2,1H3;1H;/q;;+1/p-1. The van der Waals surface area contributed by atoms with E-state index < -0.39 is 0 Å². The summed E-state index contributed by atoms with van der Waals surface area (Å²) in [7, 11) is 0. The van der Waals surface area contributed by atoms with Gasteiger partial charge in [0.15, 0.2) is 0 Å². The van der Waals surface area contributed by atoms with Gasteiger partial charge in [-0.25, -0.2) is 0 Å². The predicted molar refractivity (Wildman–Crippen MR) is 50.7 cm³/mol. The fraction of sp³-hybridized carbons (Fsp3) is 1.00. The van der Waals surface area contributed by atoms with Crippen LogP contribution in [0.4, 0.5) is 0 Å². The molecule has 2 unspecified atom stereocenters. The number of hydrogen-bond acceptors (Lipinski definition) is 0. The normalized spacial score (nSPS) is 33.4. The SMILES string of the molecule is CCC1CCCC[CH]1[Mg][Br]. The Morgan fingerprint density at radius 3 is 2.60 bits per heavy atom. The maximum absolute atomic E-state index is 3.73. The van der Waals surface area contributed by atoms with Crippen molar-refractivity contribution in [3.05, 3.63) is 0 Å². The molecule has 0 bridgehead atoms. The summed E-state index contributed by atoms with van der Waals surface area (Å²) in [5.41, 5.74) is 0. The van der Waals surface area contributed by atoms with Crippen LogP contribution in [-0.2, 0) is 0 Å². The average molecular weight is 215 g/mol. The first-order valence-corrected chi connectivity index (χ1v) is 9.16. The first-order chi connectivity index (χ1) is 4.88. The van der Waals surface area contributed by atoms with Gasteiger partial charge in [0.2, 0.25) is 0 Å². The Labute approximate surface area is 79.7 Å². The minimum atomic E-state index is 0.122. The minimum absolute atomic E-state index is 0.122. The quantitative estimate of drug-likeness (QED) is 0.619. The molecule has 0 saturated heterocycles. The fourth-order valence-corrected chi connectivity index (χ4v) is 5.85. The smallest absolute Gasteiger partial charge is 0.306 e. The lowest BCUT2D eigenvalue weighted by molar-refractivity contribution is 0.350. The van der Waals surface area contributed by atoms with E-state index in [0.29, 0.717) is 0 Å². The molecule has 0 aromatic rings. The van der Waals surface area contributed by atoms with Gasteiger partial charge in [0.25, 0.3) is 0 Å². The molecular formula is C8H15BrMg. The van der Waals surface area contributed by atoms with Gasteiger partial charge in [-0.15, -0.1) is 4.05 Å². The van der Waals surface area contributed by atoms with Crippen LogP contribution in [0, 0.1) is 5.92 Å². The molecule has 1 saturated carbocycles. The van der Waals surface area contributed by atoms with Crippen molar-refractivity contribution in [3.8, 4) is 0 Å². The topological polar surface area (TPSA) is 0 Å². The molecular weight excluding hydrogens is 200 g/mol. The van der Waals surface area contributed by atoms with Crippen LogP contribution in [0.15, 0.2) is 0 Å². The Kier molecular flexibility index (Phi) is 4.66. The second kappa shape index (κ2) is 4.99. The third-order valence-corrected chi connectivity index (χ3v) is 6.76. The highest BCUT2D eigenvalue weighted by atomic mass is 79.9. The molecule has 1 aliphatic rings. The summed E-state index contributed by atoms with van der Waals surface area (Å²) in [6.07, 6.45) is 7.45. The van der Waals surface area contributed by atoms with Crippen molar-refractivity contribution in [2.75, 3.05) is 0 Å². The van der Waals surface area contributed by atoms with Gasteiger partial charge in [0.05, 0.1) is 0 Å². The van der Waals surface area contributed by atoms with Crippen molar-refractivity contribution in [3.63, 3.8) is 0 Å². The molecule has 0 aromatic carbocycles. The molecule has 0 aromatic heterocycles. The van der Waals surface area contributed by atoms with Crippen LogP contribution in [0.1, 0.15) is 39.0 Å². The van der Waals surface area contributed by atoms with E-state index in [1.807, 2.05) is 0 Å². The Morgan fingerprint density at radius 2 is 2.10 bits per heavy atom. The molecule has 10 heavy (non-hydrogen) atoms. The van der Waals surface area contributed by atoms with Gasteiger partial charge >= 0.3 is 18.2 Å². The van der Waals surface area contributed by atoms with Crippen LogP contribution in [0.25, 0.3) is 0 Å². The van der Waals surface area contributed by atoms with Crippen molar-refractivity contribution in [1.29, 1.82) is 0 Å². The molecule has 0 aliphatic heterocycles. The molecule has 0 N–H and O–H groups in total. The number of halogens is 1. The fourth-order valence-electron chi connectivity index (χ4n) is 2.03. The van der Waals surface area contributed by atoms with Gasteiger partial charge in [0, 0.05) is 0 Å². The maximum Gasteiger partial charge on any atom is 0.472 e. The van der Waals surface area contributed by atoms with Gasteiger partial charge in [-0.1, -0.05) is 44.9 Å². The summed E-state index contributed by atoms with van der Waals surface area (Å²) < 4.78 is 1.12. The van der Waals surface area contributed by atoms with Crippen LogP contribution >= 0.6 is 12.9 Å². The average Bonchev–Trinajstić information content (AvgIpc) is 2.04. The van der Waals surface area contributed by atoms with Crippen molar-refractivity contribution in [1.82, 2.24) is 0 Å². The van der Waals surface area contributed by atoms with E-state index in [1.54, 1.807) is 0 Å². The van der Waals surface area contributed by atoms with Gasteiger partial charge in [0.1, 0.15) is 0 Å². The Bertz CT molecular complexity index is 83.3. The third-order valence-electron chi connectivity index (χ3n) is 2.79. The van der Waals surface area contributed by atoms with Crippen LogP contribution in [0.2, 0.25) is 4.05 Å². The van der Waals surface area contributed by atoms with Crippen LogP contribution in [0.3, 0.4) is 0 Å². The van der Waals surface area contributed by atoms with E-state index in [4.69, 9.17) is 0 Å². The Morgan fingerprint density at radius 1 is 1.40 bits per heavy atom. The Hall–Kier alpha value is 1.25. The second-order valence-corrected chi connectivity index (χ2v) is 6.67. The van der Waals surface area contributed by atoms with Gasteiger partial charge in [-0.3, -0.25) is 0 Å². The molecule has 1 fully saturated rings. The molecule has 0 heterocycles. The highest BCUT2D eigenvalue weighted by Crippen LogP contribution is 2.36. The molecule has 0 spiro atoms. The number of hydrogen-bond donors (Lipinski definition) is 0. The molecule has 0 nitrogen and oxygen atoms in total. The highest BCUT2D eigenvalue weighted by Gasteiger charge is 2.23. The van der Waals surface area contributed by atoms with E-state index in [1.165, 1.54) is 32.1 Å². The van der Waals surface area contributed by atoms with E-state index >= 15 is 0 Å². The van der Waals surface area contributed by atoms with Gasteiger partial charge in [-0.05, 0) is 0 Å². The van der Waals surface area contributed by atoms with Gasteiger partial charge in [-0.2, -0.15) is 0 Å². The summed E-state index contributed by atoms with van der Waals surface area (Å²) >= 11 is 3.85. The monoisotopic (exact) mass is 214 g/mol. The minimum Gasteiger partial charge on any atom is -0.306 e. The molecule has 2 atom stereocenters. The molecule has 56 valence electrons. The van der Waals surface area contributed by atoms with E-state index in [-0.39, 0.29) is 18.2 Å². The zero-order valence-corrected chi connectivity index (χ0v) is 9.78. The maximum atomic E-state index is 3.73. The van der Waals surface area contributed by atoms with E-state index in [0.717, 1.165) is 9.97 Å². The molecule has 0 radical (unpaired) electrons. The summed E-state index contributed by atoms with van der Waals surface area (Å²) in [4.78, 5) is 0. The van der Waals surface area contributed by atoms with Crippen molar-refractivity contribution in [2.45, 2.75) is 43.1 Å². The lowest BCUT2D eigenvalue weighted by Crippen LogP contribution is -2.16. The van der Waals surface area contributed by atoms with Gasteiger partial charge < -0.3 is 12.9 Å². The van der Waals surface area contributed by atoms with Crippen LogP contribution < -0.4 is 0 Å². The highest BCUT2D eigenvalue weighted by molar-refractivity contribution is 9.23. The lowest BCUT2D eigenvalue weighted by atomic mass is 9.87. The lowest BCUT2D eigenvalue weighted by Gasteiger charge is -2.29. The molecule has 1 rings (SSSR count). The second-order valence-electron chi connectivity index (χ2n) is 3.37. The van der Waals surface area contributed by atoms with E-state index in [2.05, 4.69) is 19.8 Å². The first-order valence-electron chi connectivity index (χ1n) is 4.44. The zero-order valence-electron chi connectivity index (χ0n) is 6.78. The Balaban J connectivity index is 2.34. The molecule has 1 aliphatic carbocycles. The molecule has 0 amide bonds. The van der Waals surface area contributed by atoms with E-state index in [9.17, 15) is 0 Å². The van der Waals surface area contributed by atoms with Crippen LogP contribution in [-0.4, -0.2) is 18.2 Å².